The van der Waals surface area contributed by atoms with Crippen LogP contribution < -0.4 is 0 Å². The average Bonchev–Trinajstić information content (AvgIpc) is 2.71. The monoisotopic (exact) mass is 273 g/mol. The number of esters is 2. The second-order valence-electron chi connectivity index (χ2n) is 5.38. The Hall–Kier alpha value is -1.14. The zero-order chi connectivity index (χ0) is 15.1. The summed E-state index contributed by atoms with van der Waals surface area (Å²) in [5.41, 5.74) is 0. The van der Waals surface area contributed by atoms with E-state index in [1.54, 1.807) is 13.8 Å². The summed E-state index contributed by atoms with van der Waals surface area (Å²) >= 11 is 0. The van der Waals surface area contributed by atoms with E-state index in [9.17, 15) is 9.59 Å². The SMILES string of the molecule is [2H]C[C@H]1[C@H](OC(C)=O)[C@H](OC(C)=O)[C@H]2OC(C)(C)O[C@@H]12. The van der Waals surface area contributed by atoms with Crippen LogP contribution in [0, 0.1) is 5.92 Å². The largest absolute Gasteiger partial charge is 0.458 e. The minimum atomic E-state index is -0.803. The van der Waals surface area contributed by atoms with Crippen molar-refractivity contribution >= 4 is 11.9 Å². The highest BCUT2D eigenvalue weighted by molar-refractivity contribution is 5.67. The maximum Gasteiger partial charge on any atom is 0.303 e. The Morgan fingerprint density at radius 3 is 2.11 bits per heavy atom. The average molecular weight is 273 g/mol. The van der Waals surface area contributed by atoms with Crippen LogP contribution in [0.15, 0.2) is 0 Å². The zero-order valence-electron chi connectivity index (χ0n) is 12.5. The maximum atomic E-state index is 11.3. The molecule has 2 rings (SSSR count). The van der Waals surface area contributed by atoms with Crippen LogP contribution in [0.25, 0.3) is 0 Å². The molecule has 2 fully saturated rings. The number of fused-ring (bicyclic) bond motifs is 1. The van der Waals surface area contributed by atoms with E-state index in [0.29, 0.717) is 0 Å². The second-order valence-corrected chi connectivity index (χ2v) is 5.38. The third-order valence-electron chi connectivity index (χ3n) is 3.26. The van der Waals surface area contributed by atoms with Gasteiger partial charge in [-0.25, -0.2) is 0 Å². The van der Waals surface area contributed by atoms with Gasteiger partial charge in [0.15, 0.2) is 11.9 Å². The maximum absolute atomic E-state index is 11.3. The van der Waals surface area contributed by atoms with E-state index >= 15 is 0 Å². The number of hydrogen-bond acceptors (Lipinski definition) is 6. The molecule has 0 spiro atoms. The molecule has 19 heavy (non-hydrogen) atoms. The fraction of sp³-hybridized carbons (Fsp3) is 0.846. The van der Waals surface area contributed by atoms with Crippen molar-refractivity contribution in [3.05, 3.63) is 0 Å². The predicted octanol–water partition coefficient (Wildman–Crippen LogP) is 1.02. The Labute approximate surface area is 113 Å². The fourth-order valence-electron chi connectivity index (χ4n) is 2.69. The molecule has 1 aliphatic carbocycles. The first kappa shape index (κ1) is 12.9. The summed E-state index contributed by atoms with van der Waals surface area (Å²) in [5, 5.41) is 0. The first-order valence-corrected chi connectivity index (χ1v) is 6.24. The van der Waals surface area contributed by atoms with Crippen molar-refractivity contribution in [2.45, 2.75) is 64.8 Å². The molecule has 0 bridgehead atoms. The minimum Gasteiger partial charge on any atom is -0.458 e. The van der Waals surface area contributed by atoms with Gasteiger partial charge < -0.3 is 18.9 Å². The van der Waals surface area contributed by atoms with Gasteiger partial charge in [0.05, 0.1) is 6.10 Å². The Morgan fingerprint density at radius 1 is 1.05 bits per heavy atom. The number of rotatable bonds is 2. The molecule has 1 saturated carbocycles. The third kappa shape index (κ3) is 2.74. The van der Waals surface area contributed by atoms with E-state index in [1.807, 2.05) is 0 Å². The van der Waals surface area contributed by atoms with Crippen LogP contribution in [0.4, 0.5) is 0 Å². The van der Waals surface area contributed by atoms with Crippen molar-refractivity contribution in [2.24, 2.45) is 5.92 Å². The lowest BCUT2D eigenvalue weighted by Crippen LogP contribution is -2.40. The van der Waals surface area contributed by atoms with Gasteiger partial charge in [0, 0.05) is 21.1 Å². The summed E-state index contributed by atoms with van der Waals surface area (Å²) in [4.78, 5) is 22.5. The number of ether oxygens (including phenoxy) is 4. The number of carbonyl (C=O) groups is 2. The van der Waals surface area contributed by atoms with Crippen LogP contribution in [-0.4, -0.2) is 42.1 Å². The van der Waals surface area contributed by atoms with Gasteiger partial charge in [0.2, 0.25) is 0 Å². The molecule has 2 aliphatic rings. The van der Waals surface area contributed by atoms with E-state index in [1.165, 1.54) is 13.8 Å². The van der Waals surface area contributed by atoms with Gasteiger partial charge in [-0.3, -0.25) is 9.59 Å². The van der Waals surface area contributed by atoms with Crippen molar-refractivity contribution in [2.75, 3.05) is 0 Å². The standard InChI is InChI=1S/C13H20O6/c1-6-9(16-7(2)14)11(17-8(3)15)12-10(6)18-13(4,5)19-12/h6,9-12H,1-5H3/t6-,9-,10-,11-,12-/m0/s1/i1D. The molecule has 0 N–H and O–H groups in total. The first-order valence-electron chi connectivity index (χ1n) is 6.95. The highest BCUT2D eigenvalue weighted by Crippen LogP contribution is 2.44. The molecular formula is C13H20O6. The van der Waals surface area contributed by atoms with Gasteiger partial charge in [-0.15, -0.1) is 0 Å². The Balaban J connectivity index is 2.27. The van der Waals surface area contributed by atoms with Crippen LogP contribution in [0.2, 0.25) is 0 Å². The van der Waals surface area contributed by atoms with Gasteiger partial charge in [-0.2, -0.15) is 0 Å². The fourth-order valence-corrected chi connectivity index (χ4v) is 2.69. The molecule has 0 unspecified atom stereocenters. The van der Waals surface area contributed by atoms with Crippen LogP contribution in [0.1, 0.15) is 36.0 Å². The van der Waals surface area contributed by atoms with Gasteiger partial charge in [-0.05, 0) is 13.8 Å². The summed E-state index contributed by atoms with van der Waals surface area (Å²) in [5.74, 6) is -2.15. The summed E-state index contributed by atoms with van der Waals surface area (Å²) < 4.78 is 29.7. The predicted molar refractivity (Wildman–Crippen MR) is 64.1 cm³/mol. The van der Waals surface area contributed by atoms with Gasteiger partial charge in [-0.1, -0.05) is 6.90 Å². The van der Waals surface area contributed by atoms with E-state index in [2.05, 4.69) is 0 Å². The molecule has 6 heteroatoms. The van der Waals surface area contributed by atoms with Crippen LogP contribution >= 0.6 is 0 Å². The van der Waals surface area contributed by atoms with E-state index in [-0.39, 0.29) is 12.8 Å². The molecule has 6 nitrogen and oxygen atoms in total. The summed E-state index contributed by atoms with van der Waals surface area (Å²) in [6, 6.07) is 0. The van der Waals surface area contributed by atoms with Gasteiger partial charge in [0.1, 0.15) is 12.2 Å². The molecule has 0 amide bonds. The molecule has 1 heterocycles. The molecule has 108 valence electrons. The summed E-state index contributed by atoms with van der Waals surface area (Å²) in [6.45, 7) is 6.09. The quantitative estimate of drug-likeness (QED) is 0.699. The molecule has 1 aliphatic heterocycles. The molecule has 5 atom stereocenters. The minimum absolute atomic E-state index is 0.00365. The van der Waals surface area contributed by atoms with E-state index < -0.39 is 42.1 Å². The van der Waals surface area contributed by atoms with Crippen LogP contribution in [-0.2, 0) is 28.5 Å². The molecule has 0 aromatic heterocycles. The van der Waals surface area contributed by atoms with Crippen molar-refractivity contribution < 1.29 is 29.9 Å². The highest BCUT2D eigenvalue weighted by Gasteiger charge is 2.60. The Morgan fingerprint density at radius 2 is 1.58 bits per heavy atom. The highest BCUT2D eigenvalue weighted by atomic mass is 16.8. The van der Waals surface area contributed by atoms with Crippen molar-refractivity contribution in [1.82, 2.24) is 0 Å². The van der Waals surface area contributed by atoms with Crippen molar-refractivity contribution in [3.8, 4) is 0 Å². The van der Waals surface area contributed by atoms with Gasteiger partial charge in [0.25, 0.3) is 0 Å². The molecule has 1 saturated heterocycles. The normalized spacial score (nSPS) is 40.4. The first-order chi connectivity index (χ1) is 9.25. The smallest absolute Gasteiger partial charge is 0.303 e. The summed E-state index contributed by atoms with van der Waals surface area (Å²) in [7, 11) is 0. The molecule has 0 aromatic rings. The van der Waals surface area contributed by atoms with E-state index in [0.717, 1.165) is 0 Å². The third-order valence-corrected chi connectivity index (χ3v) is 3.26. The molecular weight excluding hydrogens is 252 g/mol. The van der Waals surface area contributed by atoms with Crippen molar-refractivity contribution in [3.63, 3.8) is 0 Å². The summed E-state index contributed by atoms with van der Waals surface area (Å²) in [6.07, 6.45) is -2.39. The second kappa shape index (κ2) is 4.76. The lowest BCUT2D eigenvalue weighted by Gasteiger charge is -2.28. The Bertz CT molecular complexity index is 410. The topological polar surface area (TPSA) is 71.1 Å². The van der Waals surface area contributed by atoms with Gasteiger partial charge >= 0.3 is 11.9 Å². The van der Waals surface area contributed by atoms with Crippen LogP contribution in [0.5, 0.6) is 0 Å². The lowest BCUT2D eigenvalue weighted by molar-refractivity contribution is -0.198. The molecule has 0 aromatic carbocycles. The number of hydrogen-bond donors (Lipinski definition) is 0. The van der Waals surface area contributed by atoms with Crippen LogP contribution in [0.3, 0.4) is 0 Å². The zero-order valence-corrected chi connectivity index (χ0v) is 11.5. The Kier molecular flexibility index (Phi) is 3.22. The lowest BCUT2D eigenvalue weighted by atomic mass is 10.1. The van der Waals surface area contributed by atoms with E-state index in [4.69, 9.17) is 20.3 Å². The number of carbonyl (C=O) groups excluding carboxylic acids is 2. The molecule has 0 radical (unpaired) electrons. The van der Waals surface area contributed by atoms with Crippen molar-refractivity contribution in [1.29, 1.82) is 0 Å².